The lowest BCUT2D eigenvalue weighted by Crippen LogP contribution is -2.41. The molecule has 9 nitrogen and oxygen atoms in total. The minimum atomic E-state index is -0.240. The van der Waals surface area contributed by atoms with Crippen LogP contribution in [-0.4, -0.2) is 99.5 Å². The fourth-order valence-corrected chi connectivity index (χ4v) is 4.27. The molecule has 2 aliphatic heterocycles. The summed E-state index contributed by atoms with van der Waals surface area (Å²) in [6.45, 7) is 6.26. The van der Waals surface area contributed by atoms with Gasteiger partial charge in [0.25, 0.3) is 5.91 Å². The maximum atomic E-state index is 12.8. The van der Waals surface area contributed by atoms with Crippen LogP contribution in [0.3, 0.4) is 0 Å². The molecule has 1 fully saturated rings. The van der Waals surface area contributed by atoms with Crippen LogP contribution in [0.15, 0.2) is 47.6 Å². The minimum Gasteiger partial charge on any atom is -0.462 e. The number of hydrazone groups is 1. The summed E-state index contributed by atoms with van der Waals surface area (Å²) in [6.07, 6.45) is 2.66. The normalized spacial score (nSPS) is 16.7. The number of hydrogen-bond acceptors (Lipinski definition) is 8. The summed E-state index contributed by atoms with van der Waals surface area (Å²) in [5.74, 6) is -0.384. The van der Waals surface area contributed by atoms with E-state index in [1.54, 1.807) is 7.11 Å². The van der Waals surface area contributed by atoms with Gasteiger partial charge in [-0.25, -0.2) is 0 Å². The van der Waals surface area contributed by atoms with Crippen molar-refractivity contribution >= 4 is 23.8 Å². The van der Waals surface area contributed by atoms with Crippen LogP contribution >= 0.6 is 0 Å². The van der Waals surface area contributed by atoms with Gasteiger partial charge in [0.1, 0.15) is 6.61 Å². The van der Waals surface area contributed by atoms with E-state index in [1.807, 2.05) is 48.7 Å². The number of piperazine rings is 1. The molecule has 4 rings (SSSR count). The number of amides is 1. The summed E-state index contributed by atoms with van der Waals surface area (Å²) in [5, 5.41) is 9.63. The smallest absolute Gasteiger partial charge is 0.320 e. The van der Waals surface area contributed by atoms with Crippen molar-refractivity contribution in [2.24, 2.45) is 5.10 Å². The summed E-state index contributed by atoms with van der Waals surface area (Å²) in [5.41, 5.74) is 4.68. The Hall–Kier alpha value is -3.27. The first-order chi connectivity index (χ1) is 17.5. The topological polar surface area (TPSA) is 86.7 Å². The van der Waals surface area contributed by atoms with Gasteiger partial charge < -0.3 is 19.7 Å². The number of benzene rings is 2. The van der Waals surface area contributed by atoms with E-state index in [4.69, 9.17) is 9.47 Å². The Bertz CT molecular complexity index is 1060. The number of ether oxygens (including phenoxy) is 2. The molecule has 1 saturated heterocycles. The number of esters is 1. The van der Waals surface area contributed by atoms with Crippen molar-refractivity contribution in [1.29, 1.82) is 0 Å². The molecule has 0 radical (unpaired) electrons. The van der Waals surface area contributed by atoms with Gasteiger partial charge in [-0.2, -0.15) is 5.10 Å². The van der Waals surface area contributed by atoms with E-state index in [9.17, 15) is 9.59 Å². The van der Waals surface area contributed by atoms with Gasteiger partial charge >= 0.3 is 5.97 Å². The standard InChI is InChI=1S/C27H35N5O4/c1-30-11-13-32(14-12-30)28-18-21-3-5-22(6-4-21)27(34)29-25-8-7-24-19-31(10-9-23(24)17-25)20-26(33)36-16-15-35-2/h3-8,17-18H,9-16,19-20H2,1-2H3,(H,29,34). The van der Waals surface area contributed by atoms with Crippen molar-refractivity contribution in [1.82, 2.24) is 14.8 Å². The molecule has 2 aliphatic rings. The fraction of sp³-hybridized carbons (Fsp3) is 0.444. The van der Waals surface area contributed by atoms with E-state index in [2.05, 4.69) is 32.3 Å². The molecule has 192 valence electrons. The van der Waals surface area contributed by atoms with Crippen molar-refractivity contribution in [2.75, 3.05) is 72.0 Å². The third-order valence-electron chi connectivity index (χ3n) is 6.48. The van der Waals surface area contributed by atoms with E-state index >= 15 is 0 Å². The number of methoxy groups -OCH3 is 1. The van der Waals surface area contributed by atoms with Crippen LogP contribution in [-0.2, 0) is 27.2 Å². The predicted molar refractivity (Wildman–Crippen MR) is 139 cm³/mol. The first-order valence-electron chi connectivity index (χ1n) is 12.4. The van der Waals surface area contributed by atoms with Crippen LogP contribution < -0.4 is 5.32 Å². The van der Waals surface area contributed by atoms with E-state index in [-0.39, 0.29) is 25.0 Å². The van der Waals surface area contributed by atoms with E-state index in [1.165, 1.54) is 5.56 Å². The van der Waals surface area contributed by atoms with Crippen molar-refractivity contribution in [2.45, 2.75) is 13.0 Å². The second-order valence-corrected chi connectivity index (χ2v) is 9.24. The Kier molecular flexibility index (Phi) is 9.05. The van der Waals surface area contributed by atoms with E-state index < -0.39 is 0 Å². The number of anilines is 1. The van der Waals surface area contributed by atoms with Crippen LogP contribution in [0.1, 0.15) is 27.0 Å². The first-order valence-corrected chi connectivity index (χ1v) is 12.4. The van der Waals surface area contributed by atoms with Gasteiger partial charge in [0, 0.05) is 57.6 Å². The quantitative estimate of drug-likeness (QED) is 0.325. The number of carbonyl (C=O) groups excluding carboxylic acids is 2. The summed E-state index contributed by atoms with van der Waals surface area (Å²) >= 11 is 0. The summed E-state index contributed by atoms with van der Waals surface area (Å²) in [6, 6.07) is 13.4. The zero-order valence-electron chi connectivity index (χ0n) is 21.1. The third-order valence-corrected chi connectivity index (χ3v) is 6.48. The average Bonchev–Trinajstić information content (AvgIpc) is 2.89. The highest BCUT2D eigenvalue weighted by atomic mass is 16.6. The fourth-order valence-electron chi connectivity index (χ4n) is 4.27. The number of hydrogen-bond donors (Lipinski definition) is 1. The number of likely N-dealkylation sites (N-methyl/N-ethyl adjacent to an activating group) is 1. The largest absolute Gasteiger partial charge is 0.462 e. The van der Waals surface area contributed by atoms with E-state index in [0.29, 0.717) is 18.7 Å². The van der Waals surface area contributed by atoms with Gasteiger partial charge in [-0.05, 0) is 54.4 Å². The third kappa shape index (κ3) is 7.36. The molecule has 0 bridgehead atoms. The maximum Gasteiger partial charge on any atom is 0.320 e. The van der Waals surface area contributed by atoms with Gasteiger partial charge in [0.15, 0.2) is 0 Å². The average molecular weight is 494 g/mol. The highest BCUT2D eigenvalue weighted by molar-refractivity contribution is 6.04. The molecule has 1 amide bonds. The molecule has 36 heavy (non-hydrogen) atoms. The summed E-state index contributed by atoms with van der Waals surface area (Å²) < 4.78 is 10.1. The zero-order valence-corrected chi connectivity index (χ0v) is 21.1. The molecule has 0 saturated carbocycles. The second-order valence-electron chi connectivity index (χ2n) is 9.24. The minimum absolute atomic E-state index is 0.145. The molecule has 2 aromatic carbocycles. The maximum absolute atomic E-state index is 12.8. The lowest BCUT2D eigenvalue weighted by Gasteiger charge is -2.30. The number of nitrogens with zero attached hydrogens (tertiary/aromatic N) is 4. The van der Waals surface area contributed by atoms with Crippen LogP contribution in [0.2, 0.25) is 0 Å². The Morgan fingerprint density at radius 3 is 2.53 bits per heavy atom. The number of rotatable bonds is 9. The zero-order chi connectivity index (χ0) is 25.3. The molecule has 0 aliphatic carbocycles. The summed E-state index contributed by atoms with van der Waals surface area (Å²) in [7, 11) is 3.70. The molecule has 2 aromatic rings. The van der Waals surface area contributed by atoms with Crippen molar-refractivity contribution < 1.29 is 19.1 Å². The summed E-state index contributed by atoms with van der Waals surface area (Å²) in [4.78, 5) is 29.1. The molecule has 2 heterocycles. The molecular weight excluding hydrogens is 458 g/mol. The van der Waals surface area contributed by atoms with Crippen molar-refractivity contribution in [3.8, 4) is 0 Å². The highest BCUT2D eigenvalue weighted by Crippen LogP contribution is 2.23. The Labute approximate surface area is 212 Å². The lowest BCUT2D eigenvalue weighted by atomic mass is 9.99. The van der Waals surface area contributed by atoms with Crippen molar-refractivity contribution in [3.05, 3.63) is 64.7 Å². The second kappa shape index (κ2) is 12.6. The van der Waals surface area contributed by atoms with Crippen LogP contribution in [0.4, 0.5) is 5.69 Å². The molecule has 1 N–H and O–H groups in total. The molecule has 0 atom stereocenters. The molecule has 0 aromatic heterocycles. The number of carbonyl (C=O) groups is 2. The van der Waals surface area contributed by atoms with Crippen molar-refractivity contribution in [3.63, 3.8) is 0 Å². The number of nitrogens with one attached hydrogen (secondary N) is 1. The van der Waals surface area contributed by atoms with Gasteiger partial charge in [-0.3, -0.25) is 19.5 Å². The highest BCUT2D eigenvalue weighted by Gasteiger charge is 2.20. The molecule has 0 unspecified atom stereocenters. The number of fused-ring (bicyclic) bond motifs is 1. The molecule has 0 spiro atoms. The Morgan fingerprint density at radius 1 is 1.00 bits per heavy atom. The Morgan fingerprint density at radius 2 is 1.78 bits per heavy atom. The van der Waals surface area contributed by atoms with Crippen LogP contribution in [0.5, 0.6) is 0 Å². The van der Waals surface area contributed by atoms with Crippen LogP contribution in [0.25, 0.3) is 0 Å². The van der Waals surface area contributed by atoms with Gasteiger partial charge in [-0.15, -0.1) is 0 Å². The Balaban J connectivity index is 1.28. The first kappa shape index (κ1) is 25.8. The van der Waals surface area contributed by atoms with Crippen LogP contribution in [0, 0.1) is 0 Å². The van der Waals surface area contributed by atoms with E-state index in [0.717, 1.165) is 56.0 Å². The predicted octanol–water partition coefficient (Wildman–Crippen LogP) is 2.07. The van der Waals surface area contributed by atoms with Gasteiger partial charge in [-0.1, -0.05) is 18.2 Å². The van der Waals surface area contributed by atoms with Gasteiger partial charge in [0.2, 0.25) is 0 Å². The van der Waals surface area contributed by atoms with Gasteiger partial charge in [0.05, 0.1) is 19.4 Å². The molecule has 9 heteroatoms. The SMILES string of the molecule is COCCOC(=O)CN1CCc2cc(NC(=O)c3ccc(C=NN4CCN(C)CC4)cc3)ccc2C1. The molecular formula is C27H35N5O4. The monoisotopic (exact) mass is 493 g/mol. The lowest BCUT2D eigenvalue weighted by molar-refractivity contribution is -0.146.